The lowest BCUT2D eigenvalue weighted by Gasteiger charge is -2.31. The van der Waals surface area contributed by atoms with E-state index in [0.717, 1.165) is 44.6 Å². The van der Waals surface area contributed by atoms with E-state index in [0.29, 0.717) is 42.1 Å². The molecule has 4 rings (SSSR count). The zero-order chi connectivity index (χ0) is 18.6. The predicted octanol–water partition coefficient (Wildman–Crippen LogP) is 2.57. The molecule has 2 aromatic rings. The van der Waals surface area contributed by atoms with Gasteiger partial charge >= 0.3 is 0 Å². The van der Waals surface area contributed by atoms with Crippen molar-refractivity contribution >= 4 is 5.91 Å². The zero-order valence-corrected chi connectivity index (χ0v) is 15.6. The highest BCUT2D eigenvalue weighted by atomic mass is 16.6. The van der Waals surface area contributed by atoms with Crippen LogP contribution < -0.4 is 14.8 Å². The standard InChI is InChI=1S/C20H25N3O4/c1-2-21-12-14-5-7-23(8-6-14)20(24)18-19(27-13-22-18)15-3-4-16-17(11-15)26-10-9-25-16/h3-4,11,13-14,21H,2,5-10,12H2,1H3. The van der Waals surface area contributed by atoms with Gasteiger partial charge in [-0.2, -0.15) is 0 Å². The van der Waals surface area contributed by atoms with Gasteiger partial charge in [-0.3, -0.25) is 4.79 Å². The summed E-state index contributed by atoms with van der Waals surface area (Å²) in [5, 5.41) is 3.39. The van der Waals surface area contributed by atoms with Crippen molar-refractivity contribution in [1.29, 1.82) is 0 Å². The second-order valence-electron chi connectivity index (χ2n) is 6.93. The smallest absolute Gasteiger partial charge is 0.276 e. The third kappa shape index (κ3) is 3.78. The Kier molecular flexibility index (Phi) is 5.29. The number of piperidine rings is 1. The van der Waals surface area contributed by atoms with Gasteiger partial charge in [0, 0.05) is 18.7 Å². The third-order valence-electron chi connectivity index (χ3n) is 5.16. The average Bonchev–Trinajstić information content (AvgIpc) is 3.21. The van der Waals surface area contributed by atoms with Gasteiger partial charge in [-0.1, -0.05) is 6.92 Å². The molecule has 1 fully saturated rings. The van der Waals surface area contributed by atoms with E-state index in [-0.39, 0.29) is 5.91 Å². The number of benzene rings is 1. The van der Waals surface area contributed by atoms with E-state index in [1.165, 1.54) is 6.39 Å². The lowest BCUT2D eigenvalue weighted by molar-refractivity contribution is 0.0685. The van der Waals surface area contributed by atoms with E-state index in [2.05, 4.69) is 17.2 Å². The summed E-state index contributed by atoms with van der Waals surface area (Å²) in [6.45, 7) is 6.68. The van der Waals surface area contributed by atoms with Crippen LogP contribution in [0.4, 0.5) is 0 Å². The van der Waals surface area contributed by atoms with Crippen molar-refractivity contribution in [3.05, 3.63) is 30.3 Å². The van der Waals surface area contributed by atoms with Crippen molar-refractivity contribution in [1.82, 2.24) is 15.2 Å². The molecular weight excluding hydrogens is 346 g/mol. The van der Waals surface area contributed by atoms with Crippen molar-refractivity contribution < 1.29 is 18.7 Å². The first-order chi connectivity index (χ1) is 13.3. The van der Waals surface area contributed by atoms with Gasteiger partial charge in [-0.25, -0.2) is 4.98 Å². The van der Waals surface area contributed by atoms with Crippen LogP contribution in [0.5, 0.6) is 11.5 Å². The first-order valence-corrected chi connectivity index (χ1v) is 9.59. The molecule has 7 nitrogen and oxygen atoms in total. The van der Waals surface area contributed by atoms with E-state index in [9.17, 15) is 4.79 Å². The first-order valence-electron chi connectivity index (χ1n) is 9.59. The van der Waals surface area contributed by atoms with Gasteiger partial charge in [0.15, 0.2) is 29.3 Å². The molecular formula is C20H25N3O4. The first kappa shape index (κ1) is 17.9. The van der Waals surface area contributed by atoms with Crippen LogP contribution in [0, 0.1) is 5.92 Å². The summed E-state index contributed by atoms with van der Waals surface area (Å²) < 4.78 is 16.8. The van der Waals surface area contributed by atoms with Gasteiger partial charge in [0.05, 0.1) is 0 Å². The van der Waals surface area contributed by atoms with Crippen LogP contribution in [0.1, 0.15) is 30.3 Å². The van der Waals surface area contributed by atoms with Gasteiger partial charge in [0.2, 0.25) is 0 Å². The molecule has 1 N–H and O–H groups in total. The fourth-order valence-corrected chi connectivity index (χ4v) is 3.63. The van der Waals surface area contributed by atoms with E-state index >= 15 is 0 Å². The normalized spacial score (nSPS) is 17.1. The topological polar surface area (TPSA) is 76.8 Å². The molecule has 2 aliphatic rings. The molecule has 1 amide bonds. The lowest BCUT2D eigenvalue weighted by Crippen LogP contribution is -2.41. The van der Waals surface area contributed by atoms with Crippen molar-refractivity contribution in [2.24, 2.45) is 5.92 Å². The van der Waals surface area contributed by atoms with Crippen LogP contribution in [-0.2, 0) is 0 Å². The summed E-state index contributed by atoms with van der Waals surface area (Å²) in [4.78, 5) is 19.1. The molecule has 3 heterocycles. The lowest BCUT2D eigenvalue weighted by atomic mass is 9.96. The average molecular weight is 371 g/mol. The van der Waals surface area contributed by atoms with Crippen LogP contribution in [0.25, 0.3) is 11.3 Å². The van der Waals surface area contributed by atoms with Crippen molar-refractivity contribution in [2.75, 3.05) is 39.4 Å². The second kappa shape index (κ2) is 8.00. The van der Waals surface area contributed by atoms with E-state index in [1.807, 2.05) is 23.1 Å². The SMILES string of the molecule is CCNCC1CCN(C(=O)c2ncoc2-c2ccc3c(c2)OCCO3)CC1. The Morgan fingerprint density at radius 2 is 2.00 bits per heavy atom. The van der Waals surface area contributed by atoms with Crippen LogP contribution >= 0.6 is 0 Å². The molecule has 27 heavy (non-hydrogen) atoms. The molecule has 1 aromatic heterocycles. The maximum Gasteiger partial charge on any atom is 0.276 e. The largest absolute Gasteiger partial charge is 0.486 e. The van der Waals surface area contributed by atoms with Crippen LogP contribution in [0.3, 0.4) is 0 Å². The fraction of sp³-hybridized carbons (Fsp3) is 0.500. The number of rotatable bonds is 5. The summed E-state index contributed by atoms with van der Waals surface area (Å²) in [6.07, 6.45) is 3.35. The monoisotopic (exact) mass is 371 g/mol. The number of carbonyl (C=O) groups excluding carboxylic acids is 1. The Morgan fingerprint density at radius 3 is 2.78 bits per heavy atom. The maximum atomic E-state index is 13.0. The maximum absolute atomic E-state index is 13.0. The minimum Gasteiger partial charge on any atom is -0.486 e. The molecule has 0 saturated carbocycles. The molecule has 0 radical (unpaired) electrons. The number of carbonyl (C=O) groups is 1. The van der Waals surface area contributed by atoms with Crippen LogP contribution in [-0.4, -0.2) is 55.2 Å². The molecule has 1 aromatic carbocycles. The molecule has 0 unspecified atom stereocenters. The minimum absolute atomic E-state index is 0.0736. The number of hydrogen-bond acceptors (Lipinski definition) is 6. The number of aromatic nitrogens is 1. The number of likely N-dealkylation sites (tertiary alicyclic amines) is 1. The van der Waals surface area contributed by atoms with Gasteiger partial charge in [-0.05, 0) is 50.0 Å². The Balaban J connectivity index is 1.48. The molecule has 0 bridgehead atoms. The quantitative estimate of drug-likeness (QED) is 0.871. The highest BCUT2D eigenvalue weighted by Crippen LogP contribution is 2.35. The summed E-state index contributed by atoms with van der Waals surface area (Å²) in [5.41, 5.74) is 1.12. The molecule has 144 valence electrons. The van der Waals surface area contributed by atoms with E-state index in [1.54, 1.807) is 0 Å². The number of nitrogens with one attached hydrogen (secondary N) is 1. The summed E-state index contributed by atoms with van der Waals surface area (Å²) in [5.74, 6) is 2.41. The van der Waals surface area contributed by atoms with Crippen molar-refractivity contribution in [2.45, 2.75) is 19.8 Å². The Hall–Kier alpha value is -2.54. The van der Waals surface area contributed by atoms with Crippen molar-refractivity contribution in [3.8, 4) is 22.8 Å². The summed E-state index contributed by atoms with van der Waals surface area (Å²) in [7, 11) is 0. The highest BCUT2D eigenvalue weighted by molar-refractivity contribution is 5.97. The molecule has 0 atom stereocenters. The number of ether oxygens (including phenoxy) is 2. The predicted molar refractivity (Wildman–Crippen MR) is 100 cm³/mol. The van der Waals surface area contributed by atoms with Gasteiger partial charge in [-0.15, -0.1) is 0 Å². The molecule has 2 aliphatic heterocycles. The minimum atomic E-state index is -0.0736. The molecule has 0 spiro atoms. The Bertz CT molecular complexity index is 796. The van der Waals surface area contributed by atoms with Crippen LogP contribution in [0.2, 0.25) is 0 Å². The summed E-state index contributed by atoms with van der Waals surface area (Å²) in [6, 6.07) is 5.55. The van der Waals surface area contributed by atoms with E-state index in [4.69, 9.17) is 13.9 Å². The Morgan fingerprint density at radius 1 is 1.22 bits per heavy atom. The van der Waals surface area contributed by atoms with Gasteiger partial charge in [0.25, 0.3) is 5.91 Å². The van der Waals surface area contributed by atoms with Crippen molar-refractivity contribution in [3.63, 3.8) is 0 Å². The van der Waals surface area contributed by atoms with Crippen LogP contribution in [0.15, 0.2) is 29.0 Å². The number of amides is 1. The third-order valence-corrected chi connectivity index (χ3v) is 5.16. The van der Waals surface area contributed by atoms with Gasteiger partial charge < -0.3 is 24.1 Å². The number of hydrogen-bond donors (Lipinski definition) is 1. The second-order valence-corrected chi connectivity index (χ2v) is 6.93. The molecule has 1 saturated heterocycles. The van der Waals surface area contributed by atoms with E-state index < -0.39 is 0 Å². The molecule has 7 heteroatoms. The Labute approximate surface area is 158 Å². The highest BCUT2D eigenvalue weighted by Gasteiger charge is 2.28. The molecule has 0 aliphatic carbocycles. The number of nitrogens with zero attached hydrogens (tertiary/aromatic N) is 2. The summed E-state index contributed by atoms with van der Waals surface area (Å²) >= 11 is 0. The number of fused-ring (bicyclic) bond motifs is 1. The fourth-order valence-electron chi connectivity index (χ4n) is 3.63. The number of oxazole rings is 1. The zero-order valence-electron chi connectivity index (χ0n) is 15.6. The van der Waals surface area contributed by atoms with Gasteiger partial charge in [0.1, 0.15) is 13.2 Å².